The van der Waals surface area contributed by atoms with Gasteiger partial charge in [-0.2, -0.15) is 0 Å². The zero-order valence-corrected chi connectivity index (χ0v) is 10.2. The molecule has 1 aromatic carbocycles. The highest BCUT2D eigenvalue weighted by atomic mass is 32.2. The molecule has 2 aliphatic heterocycles. The summed E-state index contributed by atoms with van der Waals surface area (Å²) in [6, 6.07) is 8.13. The Bertz CT molecular complexity index is 458. The maximum absolute atomic E-state index is 5.86. The number of thioether (sulfide) groups is 1. The van der Waals surface area contributed by atoms with Gasteiger partial charge in [0.2, 0.25) is 5.06 Å². The zero-order chi connectivity index (χ0) is 11.2. The molecule has 0 aliphatic carbocycles. The van der Waals surface area contributed by atoms with E-state index in [2.05, 4.69) is 30.2 Å². The Labute approximate surface area is 99.3 Å². The molecule has 0 bridgehead atoms. The highest BCUT2D eigenvalue weighted by Crippen LogP contribution is 2.44. The second kappa shape index (κ2) is 3.32. The first-order valence-corrected chi connectivity index (χ1v) is 6.17. The molecule has 0 aromatic heterocycles. The van der Waals surface area contributed by atoms with Crippen molar-refractivity contribution >= 4 is 23.7 Å². The quantitative estimate of drug-likeness (QED) is 0.749. The van der Waals surface area contributed by atoms with Crippen LogP contribution in [0.2, 0.25) is 0 Å². The van der Waals surface area contributed by atoms with Crippen LogP contribution in [-0.4, -0.2) is 23.4 Å². The fraction of sp³-hybridized carbons (Fsp3) is 0.417. The van der Waals surface area contributed by atoms with Crippen molar-refractivity contribution in [1.82, 2.24) is 5.32 Å². The zero-order valence-electron chi connectivity index (χ0n) is 9.36. The van der Waals surface area contributed by atoms with Crippen LogP contribution >= 0.6 is 11.8 Å². The van der Waals surface area contributed by atoms with Crippen molar-refractivity contribution in [3.63, 3.8) is 0 Å². The van der Waals surface area contributed by atoms with Gasteiger partial charge in [-0.15, -0.1) is 0 Å². The molecule has 0 amide bonds. The summed E-state index contributed by atoms with van der Waals surface area (Å²) in [5, 5.41) is 3.00. The Hall–Kier alpha value is -0.840. The smallest absolute Gasteiger partial charge is 0.209 e. The minimum atomic E-state index is -0.474. The second-order valence-electron chi connectivity index (χ2n) is 4.79. The lowest BCUT2D eigenvalue weighted by atomic mass is 10.1. The Balaban J connectivity index is 1.94. The SMILES string of the molecule is CC1(C)CO[C@]2(C=Nc3ccccc3S2)N1. The monoisotopic (exact) mass is 234 g/mol. The first kappa shape index (κ1) is 10.3. The maximum atomic E-state index is 5.86. The number of hydrogen-bond donors (Lipinski definition) is 1. The van der Waals surface area contributed by atoms with E-state index in [4.69, 9.17) is 4.74 Å². The minimum Gasteiger partial charge on any atom is -0.344 e. The van der Waals surface area contributed by atoms with E-state index in [-0.39, 0.29) is 5.54 Å². The largest absolute Gasteiger partial charge is 0.344 e. The summed E-state index contributed by atoms with van der Waals surface area (Å²) in [7, 11) is 0. The molecule has 4 heteroatoms. The van der Waals surface area contributed by atoms with E-state index in [9.17, 15) is 0 Å². The van der Waals surface area contributed by atoms with Gasteiger partial charge in [-0.3, -0.25) is 10.3 Å². The van der Waals surface area contributed by atoms with Crippen LogP contribution in [0.25, 0.3) is 0 Å². The van der Waals surface area contributed by atoms with E-state index in [0.717, 1.165) is 10.6 Å². The van der Waals surface area contributed by atoms with Crippen LogP contribution in [0.1, 0.15) is 13.8 Å². The summed E-state index contributed by atoms with van der Waals surface area (Å²) in [4.78, 5) is 5.62. The molecule has 1 fully saturated rings. The Morgan fingerprint density at radius 3 is 2.94 bits per heavy atom. The van der Waals surface area contributed by atoms with E-state index in [1.807, 2.05) is 24.4 Å². The molecule has 0 saturated carbocycles. The molecule has 1 N–H and O–H groups in total. The number of aliphatic imine (C=N–C) groups is 1. The summed E-state index contributed by atoms with van der Waals surface area (Å²) in [6.07, 6.45) is 1.87. The van der Waals surface area contributed by atoms with Crippen LogP contribution in [-0.2, 0) is 4.74 Å². The normalized spacial score (nSPS) is 30.6. The van der Waals surface area contributed by atoms with E-state index in [1.54, 1.807) is 11.8 Å². The van der Waals surface area contributed by atoms with Crippen LogP contribution in [0.5, 0.6) is 0 Å². The average molecular weight is 234 g/mol. The maximum Gasteiger partial charge on any atom is 0.209 e. The van der Waals surface area contributed by atoms with Gasteiger partial charge < -0.3 is 4.74 Å². The summed E-state index contributed by atoms with van der Waals surface area (Å²) in [6.45, 7) is 4.97. The molecular weight excluding hydrogens is 220 g/mol. The molecule has 1 atom stereocenters. The molecule has 1 saturated heterocycles. The van der Waals surface area contributed by atoms with Crippen LogP contribution < -0.4 is 5.32 Å². The Morgan fingerprint density at radius 1 is 1.38 bits per heavy atom. The molecule has 0 unspecified atom stereocenters. The number of fused-ring (bicyclic) bond motifs is 1. The van der Waals surface area contributed by atoms with Crippen molar-refractivity contribution in [1.29, 1.82) is 0 Å². The number of benzene rings is 1. The van der Waals surface area contributed by atoms with E-state index >= 15 is 0 Å². The fourth-order valence-electron chi connectivity index (χ4n) is 1.95. The van der Waals surface area contributed by atoms with Gasteiger partial charge in [-0.1, -0.05) is 23.9 Å². The molecular formula is C12H14N2OS. The van der Waals surface area contributed by atoms with Gasteiger partial charge >= 0.3 is 0 Å². The number of para-hydroxylation sites is 1. The van der Waals surface area contributed by atoms with Crippen LogP contribution in [0, 0.1) is 0 Å². The summed E-state index contributed by atoms with van der Waals surface area (Å²) in [5.41, 5.74) is 1.03. The highest BCUT2D eigenvalue weighted by molar-refractivity contribution is 8.01. The molecule has 16 heavy (non-hydrogen) atoms. The number of nitrogens with one attached hydrogen (secondary N) is 1. The van der Waals surface area contributed by atoms with Gasteiger partial charge in [-0.25, -0.2) is 0 Å². The van der Waals surface area contributed by atoms with E-state index in [0.29, 0.717) is 6.61 Å². The lowest BCUT2D eigenvalue weighted by Crippen LogP contribution is -2.47. The average Bonchev–Trinajstić information content (AvgIpc) is 2.54. The lowest BCUT2D eigenvalue weighted by molar-refractivity contribution is 0.123. The number of nitrogens with zero attached hydrogens (tertiary/aromatic N) is 1. The van der Waals surface area contributed by atoms with E-state index in [1.165, 1.54) is 0 Å². The molecule has 2 heterocycles. The highest BCUT2D eigenvalue weighted by Gasteiger charge is 2.45. The topological polar surface area (TPSA) is 33.6 Å². The summed E-state index contributed by atoms with van der Waals surface area (Å²) in [5.74, 6) is 0. The van der Waals surface area contributed by atoms with Gasteiger partial charge in [-0.05, 0) is 26.0 Å². The third-order valence-corrected chi connectivity index (χ3v) is 3.85. The van der Waals surface area contributed by atoms with Gasteiger partial charge in [0.05, 0.1) is 18.5 Å². The molecule has 1 spiro atoms. The third kappa shape index (κ3) is 1.67. The predicted octanol–water partition coefficient (Wildman–Crippen LogP) is 2.55. The van der Waals surface area contributed by atoms with Gasteiger partial charge in [0.1, 0.15) is 0 Å². The lowest BCUT2D eigenvalue weighted by Gasteiger charge is -2.29. The van der Waals surface area contributed by atoms with Crippen LogP contribution in [0.4, 0.5) is 5.69 Å². The molecule has 3 rings (SSSR count). The molecule has 3 nitrogen and oxygen atoms in total. The van der Waals surface area contributed by atoms with E-state index < -0.39 is 5.06 Å². The van der Waals surface area contributed by atoms with Crippen LogP contribution in [0.3, 0.4) is 0 Å². The Morgan fingerprint density at radius 2 is 2.19 bits per heavy atom. The predicted molar refractivity (Wildman–Crippen MR) is 66.3 cm³/mol. The molecule has 0 radical (unpaired) electrons. The number of hydrogen-bond acceptors (Lipinski definition) is 4. The molecule has 2 aliphatic rings. The van der Waals surface area contributed by atoms with Crippen molar-refractivity contribution in [2.75, 3.05) is 6.61 Å². The van der Waals surface area contributed by atoms with Crippen LogP contribution in [0.15, 0.2) is 34.2 Å². The van der Waals surface area contributed by atoms with Gasteiger partial charge in [0.15, 0.2) is 0 Å². The number of rotatable bonds is 0. The van der Waals surface area contributed by atoms with Gasteiger partial charge in [0, 0.05) is 10.4 Å². The second-order valence-corrected chi connectivity index (χ2v) is 6.04. The molecule has 84 valence electrons. The number of ether oxygens (including phenoxy) is 1. The Kier molecular flexibility index (Phi) is 2.14. The van der Waals surface area contributed by atoms with Crippen molar-refractivity contribution in [3.8, 4) is 0 Å². The van der Waals surface area contributed by atoms with Crippen molar-refractivity contribution in [3.05, 3.63) is 24.3 Å². The van der Waals surface area contributed by atoms with Gasteiger partial charge in [0.25, 0.3) is 0 Å². The summed E-state index contributed by atoms with van der Waals surface area (Å²) < 4.78 is 5.86. The van der Waals surface area contributed by atoms with Crippen molar-refractivity contribution in [2.24, 2.45) is 4.99 Å². The van der Waals surface area contributed by atoms with Crippen molar-refractivity contribution < 1.29 is 4.74 Å². The fourth-order valence-corrected chi connectivity index (χ4v) is 3.20. The minimum absolute atomic E-state index is 0.00526. The first-order valence-electron chi connectivity index (χ1n) is 5.35. The van der Waals surface area contributed by atoms with Crippen molar-refractivity contribution in [2.45, 2.75) is 29.3 Å². The standard InChI is InChI=1S/C12H14N2OS/c1-11(2)8-15-12(14-11)7-13-9-5-3-4-6-10(9)16-12/h3-7,14H,8H2,1-2H3/t12-/m0/s1. The summed E-state index contributed by atoms with van der Waals surface area (Å²) >= 11 is 1.69. The first-order chi connectivity index (χ1) is 7.59. The molecule has 1 aromatic rings. The third-order valence-electron chi connectivity index (χ3n) is 2.66.